The molecular formula is C21H44N2. The maximum Gasteiger partial charge on any atom is 0.0352 e. The van der Waals surface area contributed by atoms with Gasteiger partial charge in [0.1, 0.15) is 0 Å². The predicted molar refractivity (Wildman–Crippen MR) is 106 cm³/mol. The number of hydrogen-bond donors (Lipinski definition) is 2. The Kier molecular flexibility index (Phi) is 19.1. The number of allylic oxidation sites excluding steroid dienone is 1. The third-order valence-electron chi connectivity index (χ3n) is 4.38. The lowest BCUT2D eigenvalue weighted by molar-refractivity contribution is 0.526. The van der Waals surface area contributed by atoms with Crippen LogP contribution in [-0.2, 0) is 0 Å². The molecule has 0 rings (SSSR count). The molecule has 2 heteroatoms. The van der Waals surface area contributed by atoms with E-state index in [4.69, 9.17) is 0 Å². The second kappa shape index (κ2) is 19.5. The highest BCUT2D eigenvalue weighted by molar-refractivity contribution is 4.82. The van der Waals surface area contributed by atoms with Gasteiger partial charge in [-0.05, 0) is 38.9 Å². The Labute approximate surface area is 146 Å². The summed E-state index contributed by atoms with van der Waals surface area (Å²) < 4.78 is 0. The van der Waals surface area contributed by atoms with Crippen LogP contribution >= 0.6 is 0 Å². The molecule has 0 aliphatic heterocycles. The van der Waals surface area contributed by atoms with Crippen LogP contribution in [0.5, 0.6) is 0 Å². The van der Waals surface area contributed by atoms with Gasteiger partial charge in [-0.3, -0.25) is 0 Å². The largest absolute Gasteiger partial charge is 0.387 e. The molecule has 1 unspecified atom stereocenters. The van der Waals surface area contributed by atoms with Gasteiger partial charge in [-0.25, -0.2) is 0 Å². The lowest BCUT2D eigenvalue weighted by atomic mass is 10.1. The highest BCUT2D eigenvalue weighted by atomic mass is 15.0. The molecule has 0 saturated heterocycles. The van der Waals surface area contributed by atoms with Crippen LogP contribution in [0, 0.1) is 0 Å². The topological polar surface area (TPSA) is 24.1 Å². The molecule has 0 aliphatic carbocycles. The van der Waals surface area contributed by atoms with Gasteiger partial charge in [0, 0.05) is 12.6 Å². The van der Waals surface area contributed by atoms with E-state index in [1.54, 1.807) is 0 Å². The number of unbranched alkanes of at least 4 members (excludes halogenated alkanes) is 11. The van der Waals surface area contributed by atoms with Crippen molar-refractivity contribution in [3.05, 3.63) is 12.3 Å². The zero-order valence-corrected chi connectivity index (χ0v) is 16.3. The summed E-state index contributed by atoms with van der Waals surface area (Å²) in [6.45, 7) is 9.04. The standard InChI is InChI=1S/C21H44N2/c1-4-6-8-10-12-13-15-17-19-23-21(3)20-22-18-16-14-11-9-7-5-2/h17,19,21-23H,4-16,18,20H2,1-3H3. The molecule has 0 heterocycles. The summed E-state index contributed by atoms with van der Waals surface area (Å²) in [6.07, 6.45) is 22.2. The summed E-state index contributed by atoms with van der Waals surface area (Å²) in [6, 6.07) is 0.524. The van der Waals surface area contributed by atoms with Crippen molar-refractivity contribution < 1.29 is 0 Å². The normalized spacial score (nSPS) is 12.8. The van der Waals surface area contributed by atoms with Crippen LogP contribution in [0.2, 0.25) is 0 Å². The fraction of sp³-hybridized carbons (Fsp3) is 0.905. The highest BCUT2D eigenvalue weighted by Gasteiger charge is 1.97. The van der Waals surface area contributed by atoms with Crippen molar-refractivity contribution >= 4 is 0 Å². The van der Waals surface area contributed by atoms with Gasteiger partial charge in [0.05, 0.1) is 0 Å². The minimum absolute atomic E-state index is 0.524. The number of hydrogen-bond acceptors (Lipinski definition) is 2. The van der Waals surface area contributed by atoms with Gasteiger partial charge in [0.2, 0.25) is 0 Å². The van der Waals surface area contributed by atoms with Crippen LogP contribution < -0.4 is 10.6 Å². The van der Waals surface area contributed by atoms with Crippen molar-refractivity contribution in [2.45, 2.75) is 110 Å². The molecule has 0 aromatic rings. The lowest BCUT2D eigenvalue weighted by Gasteiger charge is -2.13. The van der Waals surface area contributed by atoms with Crippen molar-refractivity contribution in [3.63, 3.8) is 0 Å². The molecule has 23 heavy (non-hydrogen) atoms. The minimum Gasteiger partial charge on any atom is -0.387 e. The summed E-state index contributed by atoms with van der Waals surface area (Å²) in [7, 11) is 0. The van der Waals surface area contributed by atoms with E-state index in [9.17, 15) is 0 Å². The second-order valence-corrected chi connectivity index (χ2v) is 7.00. The highest BCUT2D eigenvalue weighted by Crippen LogP contribution is 2.07. The van der Waals surface area contributed by atoms with Crippen LogP contribution in [0.4, 0.5) is 0 Å². The van der Waals surface area contributed by atoms with Crippen LogP contribution in [0.15, 0.2) is 12.3 Å². The zero-order valence-electron chi connectivity index (χ0n) is 16.3. The van der Waals surface area contributed by atoms with Gasteiger partial charge in [0.25, 0.3) is 0 Å². The zero-order chi connectivity index (χ0) is 17.0. The first-order chi connectivity index (χ1) is 11.3. The van der Waals surface area contributed by atoms with E-state index in [0.717, 1.165) is 6.54 Å². The summed E-state index contributed by atoms with van der Waals surface area (Å²) in [5, 5.41) is 7.03. The Balaban J connectivity index is 3.23. The molecule has 138 valence electrons. The van der Waals surface area contributed by atoms with Crippen molar-refractivity contribution in [1.82, 2.24) is 10.6 Å². The summed E-state index contributed by atoms with van der Waals surface area (Å²) >= 11 is 0. The Morgan fingerprint density at radius 2 is 1.30 bits per heavy atom. The number of rotatable bonds is 18. The average Bonchev–Trinajstić information content (AvgIpc) is 2.56. The Bertz CT molecular complexity index is 238. The molecule has 0 spiro atoms. The quantitative estimate of drug-likeness (QED) is 0.294. The first-order valence-corrected chi connectivity index (χ1v) is 10.4. The maximum absolute atomic E-state index is 3.56. The van der Waals surface area contributed by atoms with Gasteiger partial charge in [-0.15, -0.1) is 0 Å². The first-order valence-electron chi connectivity index (χ1n) is 10.4. The van der Waals surface area contributed by atoms with Crippen molar-refractivity contribution in [3.8, 4) is 0 Å². The molecule has 1 atom stereocenters. The fourth-order valence-corrected chi connectivity index (χ4v) is 2.77. The molecule has 0 aromatic heterocycles. The SMILES string of the molecule is CCCCCCCCC=CNC(C)CNCCCCCCCC. The van der Waals surface area contributed by atoms with Gasteiger partial charge in [-0.1, -0.05) is 84.1 Å². The molecule has 0 radical (unpaired) electrons. The van der Waals surface area contributed by atoms with E-state index in [0.29, 0.717) is 6.04 Å². The van der Waals surface area contributed by atoms with E-state index >= 15 is 0 Å². The molecule has 0 amide bonds. The molecule has 0 saturated carbocycles. The Hall–Kier alpha value is -0.500. The van der Waals surface area contributed by atoms with Crippen molar-refractivity contribution in [2.75, 3.05) is 13.1 Å². The average molecular weight is 325 g/mol. The second-order valence-electron chi connectivity index (χ2n) is 7.00. The summed E-state index contributed by atoms with van der Waals surface area (Å²) in [5.74, 6) is 0. The third-order valence-corrected chi connectivity index (χ3v) is 4.38. The van der Waals surface area contributed by atoms with E-state index in [2.05, 4.69) is 43.7 Å². The summed E-state index contributed by atoms with van der Waals surface area (Å²) in [4.78, 5) is 0. The van der Waals surface area contributed by atoms with E-state index in [1.165, 1.54) is 90.0 Å². The maximum atomic E-state index is 3.56. The van der Waals surface area contributed by atoms with E-state index < -0.39 is 0 Å². The molecule has 2 nitrogen and oxygen atoms in total. The fourth-order valence-electron chi connectivity index (χ4n) is 2.77. The molecule has 0 aliphatic rings. The minimum atomic E-state index is 0.524. The molecular weight excluding hydrogens is 280 g/mol. The first kappa shape index (κ1) is 22.5. The predicted octanol–water partition coefficient (Wildman–Crippen LogP) is 6.18. The van der Waals surface area contributed by atoms with Crippen LogP contribution in [0.3, 0.4) is 0 Å². The number of nitrogens with one attached hydrogen (secondary N) is 2. The van der Waals surface area contributed by atoms with E-state index in [1.807, 2.05) is 0 Å². The molecule has 0 fully saturated rings. The van der Waals surface area contributed by atoms with E-state index in [-0.39, 0.29) is 0 Å². The van der Waals surface area contributed by atoms with Gasteiger partial charge >= 0.3 is 0 Å². The smallest absolute Gasteiger partial charge is 0.0352 e. The molecule has 0 aromatic carbocycles. The van der Waals surface area contributed by atoms with Crippen LogP contribution in [0.1, 0.15) is 104 Å². The monoisotopic (exact) mass is 324 g/mol. The van der Waals surface area contributed by atoms with Gasteiger partial charge in [0.15, 0.2) is 0 Å². The van der Waals surface area contributed by atoms with Crippen LogP contribution in [0.25, 0.3) is 0 Å². The Morgan fingerprint density at radius 3 is 1.96 bits per heavy atom. The van der Waals surface area contributed by atoms with Crippen molar-refractivity contribution in [1.29, 1.82) is 0 Å². The molecule has 0 bridgehead atoms. The summed E-state index contributed by atoms with van der Waals surface area (Å²) in [5.41, 5.74) is 0. The third kappa shape index (κ3) is 19.5. The Morgan fingerprint density at radius 1 is 0.739 bits per heavy atom. The van der Waals surface area contributed by atoms with Gasteiger partial charge < -0.3 is 10.6 Å². The molecule has 2 N–H and O–H groups in total. The van der Waals surface area contributed by atoms with Crippen molar-refractivity contribution in [2.24, 2.45) is 0 Å². The lowest BCUT2D eigenvalue weighted by Crippen LogP contribution is -2.33. The van der Waals surface area contributed by atoms with Gasteiger partial charge in [-0.2, -0.15) is 0 Å². The van der Waals surface area contributed by atoms with Crippen LogP contribution in [-0.4, -0.2) is 19.1 Å².